The van der Waals surface area contributed by atoms with Crippen LogP contribution in [0.3, 0.4) is 0 Å². The fraction of sp³-hybridized carbons (Fsp3) is 0.269. The van der Waals surface area contributed by atoms with Crippen LogP contribution >= 0.6 is 24.0 Å². The van der Waals surface area contributed by atoms with Crippen LogP contribution in [-0.2, 0) is 26.1 Å². The summed E-state index contributed by atoms with van der Waals surface area (Å²) in [5.41, 5.74) is 3.70. The summed E-state index contributed by atoms with van der Waals surface area (Å²) in [4.78, 5) is 9.37. The number of rotatable bonds is 10. The van der Waals surface area contributed by atoms with Gasteiger partial charge in [-0.25, -0.2) is 9.98 Å². The number of imidazole rings is 1. The number of hydrogen-bond acceptors (Lipinski definition) is 3. The Morgan fingerprint density at radius 3 is 2.44 bits per heavy atom. The van der Waals surface area contributed by atoms with Crippen LogP contribution in [0, 0.1) is 0 Å². The summed E-state index contributed by atoms with van der Waals surface area (Å²) in [5, 5.41) is 11.1. The lowest BCUT2D eigenvalue weighted by Gasteiger charge is -2.13. The average molecular weight is 569 g/mol. The van der Waals surface area contributed by atoms with Gasteiger partial charge in [0.1, 0.15) is 5.82 Å². The molecule has 0 aliphatic carbocycles. The minimum Gasteiger partial charge on any atom is -0.357 e. The zero-order valence-electron chi connectivity index (χ0n) is 19.5. The molecule has 0 atom stereocenters. The molecule has 2 heterocycles. The quantitative estimate of drug-likeness (QED) is 0.172. The Kier molecular flexibility index (Phi) is 10.1. The topological polar surface area (TPSA) is 72.1 Å². The van der Waals surface area contributed by atoms with Gasteiger partial charge in [0, 0.05) is 50.8 Å². The molecule has 7 nitrogen and oxygen atoms in total. The van der Waals surface area contributed by atoms with Gasteiger partial charge in [-0.2, -0.15) is 5.10 Å². The molecule has 4 aromatic rings. The van der Waals surface area contributed by atoms with E-state index in [0.29, 0.717) is 6.54 Å². The maximum absolute atomic E-state index is 4.82. The van der Waals surface area contributed by atoms with E-state index in [1.165, 1.54) is 16.7 Å². The molecule has 0 amide bonds. The molecule has 0 radical (unpaired) electrons. The molecule has 0 bridgehead atoms. The summed E-state index contributed by atoms with van der Waals surface area (Å²) >= 11 is 0. The SMILES string of the molecule is CCNC(=NCc1ccccc1Cn1cccn1)NCCc1nccn1Cc1ccccc1.I. The Morgan fingerprint density at radius 1 is 0.882 bits per heavy atom. The minimum absolute atomic E-state index is 0. The smallest absolute Gasteiger partial charge is 0.191 e. The second kappa shape index (κ2) is 13.5. The van der Waals surface area contributed by atoms with Crippen LogP contribution in [0.4, 0.5) is 0 Å². The van der Waals surface area contributed by atoms with Crippen molar-refractivity contribution < 1.29 is 0 Å². The third-order valence-electron chi connectivity index (χ3n) is 5.40. The van der Waals surface area contributed by atoms with E-state index < -0.39 is 0 Å². The van der Waals surface area contributed by atoms with Crippen molar-refractivity contribution in [3.8, 4) is 0 Å². The maximum Gasteiger partial charge on any atom is 0.191 e. The molecule has 2 N–H and O–H groups in total. The molecule has 178 valence electrons. The number of aliphatic imine (C=N–C) groups is 1. The van der Waals surface area contributed by atoms with Crippen LogP contribution in [0.25, 0.3) is 0 Å². The summed E-state index contributed by atoms with van der Waals surface area (Å²) < 4.78 is 4.14. The molecule has 8 heteroatoms. The Labute approximate surface area is 218 Å². The number of nitrogens with zero attached hydrogens (tertiary/aromatic N) is 5. The second-order valence-electron chi connectivity index (χ2n) is 7.80. The van der Waals surface area contributed by atoms with Crippen molar-refractivity contribution in [2.45, 2.75) is 33.0 Å². The minimum atomic E-state index is 0. The van der Waals surface area contributed by atoms with Gasteiger partial charge in [-0.15, -0.1) is 24.0 Å². The lowest BCUT2D eigenvalue weighted by molar-refractivity contribution is 0.680. The Morgan fingerprint density at radius 2 is 1.68 bits per heavy atom. The molecule has 0 saturated carbocycles. The fourth-order valence-electron chi connectivity index (χ4n) is 3.73. The lowest BCUT2D eigenvalue weighted by Crippen LogP contribution is -2.38. The van der Waals surface area contributed by atoms with Crippen molar-refractivity contribution in [2.75, 3.05) is 13.1 Å². The summed E-state index contributed by atoms with van der Waals surface area (Å²) in [7, 11) is 0. The molecule has 0 fully saturated rings. The van der Waals surface area contributed by atoms with E-state index in [4.69, 9.17) is 4.99 Å². The predicted octanol–water partition coefficient (Wildman–Crippen LogP) is 4.09. The third-order valence-corrected chi connectivity index (χ3v) is 5.40. The highest BCUT2D eigenvalue weighted by molar-refractivity contribution is 14.0. The van der Waals surface area contributed by atoms with Crippen LogP contribution in [0.1, 0.15) is 29.4 Å². The largest absolute Gasteiger partial charge is 0.357 e. The molecule has 0 aliphatic rings. The maximum atomic E-state index is 4.82. The molecule has 0 saturated heterocycles. The van der Waals surface area contributed by atoms with Gasteiger partial charge in [0.25, 0.3) is 0 Å². The van der Waals surface area contributed by atoms with Gasteiger partial charge in [0.2, 0.25) is 0 Å². The van der Waals surface area contributed by atoms with Crippen molar-refractivity contribution in [1.82, 2.24) is 30.0 Å². The summed E-state index contributed by atoms with van der Waals surface area (Å²) in [6.45, 7) is 5.82. The van der Waals surface area contributed by atoms with E-state index >= 15 is 0 Å². The number of aromatic nitrogens is 4. The van der Waals surface area contributed by atoms with E-state index in [2.05, 4.69) is 80.7 Å². The highest BCUT2D eigenvalue weighted by Crippen LogP contribution is 2.12. The number of halogens is 1. The number of benzene rings is 2. The Balaban J connectivity index is 0.00000324. The van der Waals surface area contributed by atoms with E-state index in [9.17, 15) is 0 Å². The molecule has 4 rings (SSSR count). The van der Waals surface area contributed by atoms with Crippen molar-refractivity contribution >= 4 is 29.9 Å². The molecular weight excluding hydrogens is 537 g/mol. The van der Waals surface area contributed by atoms with Gasteiger partial charge in [-0.05, 0) is 29.7 Å². The van der Waals surface area contributed by atoms with E-state index in [1.807, 2.05) is 35.4 Å². The van der Waals surface area contributed by atoms with Crippen LogP contribution < -0.4 is 10.6 Å². The third kappa shape index (κ3) is 7.44. The number of guanidine groups is 1. The predicted molar refractivity (Wildman–Crippen MR) is 147 cm³/mol. The van der Waals surface area contributed by atoms with Gasteiger partial charge < -0.3 is 15.2 Å². The van der Waals surface area contributed by atoms with Gasteiger partial charge in [0.15, 0.2) is 5.96 Å². The van der Waals surface area contributed by atoms with E-state index in [-0.39, 0.29) is 24.0 Å². The first-order valence-corrected chi connectivity index (χ1v) is 11.4. The first-order valence-electron chi connectivity index (χ1n) is 11.4. The Hall–Kier alpha value is -3.14. The van der Waals surface area contributed by atoms with Crippen molar-refractivity contribution in [3.63, 3.8) is 0 Å². The van der Waals surface area contributed by atoms with Crippen molar-refractivity contribution in [1.29, 1.82) is 0 Å². The number of hydrogen-bond donors (Lipinski definition) is 2. The highest BCUT2D eigenvalue weighted by Gasteiger charge is 2.06. The number of nitrogens with one attached hydrogen (secondary N) is 2. The average Bonchev–Trinajstić information content (AvgIpc) is 3.51. The molecule has 0 aliphatic heterocycles. The first-order chi connectivity index (χ1) is 16.3. The standard InChI is InChI=1S/C26H31N7.HI/c1-2-27-26(30-19-23-11-6-7-12-24(23)21-33-17-8-14-31-33)29-15-13-25-28-16-18-32(25)20-22-9-4-3-5-10-22;/h3-12,14,16-18H,2,13,15,19-21H2,1H3,(H2,27,29,30);1H. The van der Waals surface area contributed by atoms with Crippen LogP contribution in [0.5, 0.6) is 0 Å². The van der Waals surface area contributed by atoms with Crippen LogP contribution in [0.2, 0.25) is 0 Å². The van der Waals surface area contributed by atoms with E-state index in [0.717, 1.165) is 44.4 Å². The summed E-state index contributed by atoms with van der Waals surface area (Å²) in [6.07, 6.45) is 8.51. The molecule has 2 aromatic heterocycles. The summed E-state index contributed by atoms with van der Waals surface area (Å²) in [6, 6.07) is 20.8. The molecule has 0 unspecified atom stereocenters. The molecular formula is C26H32IN7. The summed E-state index contributed by atoms with van der Waals surface area (Å²) in [5.74, 6) is 1.87. The Bertz CT molecular complexity index is 1140. The van der Waals surface area contributed by atoms with Gasteiger partial charge in [-0.3, -0.25) is 4.68 Å². The highest BCUT2D eigenvalue weighted by atomic mass is 127. The van der Waals surface area contributed by atoms with Gasteiger partial charge in [-0.1, -0.05) is 54.6 Å². The van der Waals surface area contributed by atoms with Crippen LogP contribution in [0.15, 0.2) is 90.4 Å². The van der Waals surface area contributed by atoms with Gasteiger partial charge in [0.05, 0.1) is 13.1 Å². The molecule has 34 heavy (non-hydrogen) atoms. The zero-order valence-corrected chi connectivity index (χ0v) is 21.8. The van der Waals surface area contributed by atoms with E-state index in [1.54, 1.807) is 6.20 Å². The first kappa shape index (κ1) is 25.5. The van der Waals surface area contributed by atoms with Crippen molar-refractivity contribution in [3.05, 3.63) is 108 Å². The second-order valence-corrected chi connectivity index (χ2v) is 7.80. The van der Waals surface area contributed by atoms with Crippen LogP contribution in [-0.4, -0.2) is 38.4 Å². The molecule has 0 spiro atoms. The monoisotopic (exact) mass is 569 g/mol. The molecule has 2 aromatic carbocycles. The van der Waals surface area contributed by atoms with Gasteiger partial charge >= 0.3 is 0 Å². The normalized spacial score (nSPS) is 11.1. The fourth-order valence-corrected chi connectivity index (χ4v) is 3.73. The van der Waals surface area contributed by atoms with Crippen molar-refractivity contribution in [2.24, 2.45) is 4.99 Å². The lowest BCUT2D eigenvalue weighted by atomic mass is 10.1. The zero-order chi connectivity index (χ0) is 22.7.